The van der Waals surface area contributed by atoms with Crippen molar-refractivity contribution in [2.45, 2.75) is 25.2 Å². The Morgan fingerprint density at radius 2 is 2.10 bits per heavy atom. The molecule has 1 aliphatic rings. The molecule has 4 rings (SSSR count). The van der Waals surface area contributed by atoms with E-state index in [4.69, 9.17) is 9.47 Å². The zero-order valence-corrected chi connectivity index (χ0v) is 16.3. The molecule has 3 aromatic rings. The molecule has 2 heterocycles. The summed E-state index contributed by atoms with van der Waals surface area (Å²) in [5.74, 6) is 1.15. The number of benzene rings is 2. The van der Waals surface area contributed by atoms with E-state index in [1.165, 1.54) is 11.8 Å². The number of methoxy groups -OCH3 is 1. The zero-order valence-electron chi connectivity index (χ0n) is 16.3. The monoisotopic (exact) mass is 389 g/mol. The summed E-state index contributed by atoms with van der Waals surface area (Å²) < 4.78 is 11.4. The number of hydrogen-bond donors (Lipinski definition) is 1. The Bertz CT molecular complexity index is 1030. The van der Waals surface area contributed by atoms with Gasteiger partial charge in [-0.05, 0) is 60.1 Å². The van der Waals surface area contributed by atoms with Gasteiger partial charge in [0.25, 0.3) is 0 Å². The molecular formula is C24H23NO4. The molecule has 0 saturated heterocycles. The number of ether oxygens (including phenoxy) is 2. The minimum Gasteiger partial charge on any atom is -0.496 e. The van der Waals surface area contributed by atoms with Gasteiger partial charge in [-0.1, -0.05) is 30.3 Å². The second-order valence-electron chi connectivity index (χ2n) is 7.16. The molecule has 0 amide bonds. The van der Waals surface area contributed by atoms with E-state index in [0.717, 1.165) is 41.0 Å². The Hall–Kier alpha value is -3.34. The third-order valence-electron chi connectivity index (χ3n) is 5.49. The van der Waals surface area contributed by atoms with Crippen molar-refractivity contribution in [1.82, 2.24) is 4.98 Å². The average Bonchev–Trinajstić information content (AvgIpc) is 2.77. The molecular weight excluding hydrogens is 366 g/mol. The number of aromatic nitrogens is 1. The summed E-state index contributed by atoms with van der Waals surface area (Å²) in [4.78, 5) is 15.5. The van der Waals surface area contributed by atoms with Crippen LogP contribution in [0.3, 0.4) is 0 Å². The number of rotatable bonds is 6. The van der Waals surface area contributed by atoms with Crippen molar-refractivity contribution in [3.8, 4) is 22.6 Å². The van der Waals surface area contributed by atoms with Crippen molar-refractivity contribution in [3.63, 3.8) is 0 Å². The van der Waals surface area contributed by atoms with Crippen molar-refractivity contribution in [2.75, 3.05) is 13.7 Å². The Kier molecular flexibility index (Phi) is 5.47. The van der Waals surface area contributed by atoms with E-state index in [-0.39, 0.29) is 0 Å². The van der Waals surface area contributed by atoms with E-state index in [2.05, 4.69) is 23.2 Å². The summed E-state index contributed by atoms with van der Waals surface area (Å²) in [7, 11) is 1.67. The van der Waals surface area contributed by atoms with E-state index in [1.54, 1.807) is 19.4 Å². The van der Waals surface area contributed by atoms with Crippen LogP contribution in [0.5, 0.6) is 11.5 Å². The van der Waals surface area contributed by atoms with Gasteiger partial charge in [0.1, 0.15) is 11.5 Å². The molecule has 1 N–H and O–H groups in total. The maximum atomic E-state index is 11.4. The number of pyridine rings is 1. The van der Waals surface area contributed by atoms with Crippen LogP contribution in [0.1, 0.15) is 40.2 Å². The third-order valence-corrected chi connectivity index (χ3v) is 5.49. The number of hydrogen-bond acceptors (Lipinski definition) is 4. The highest BCUT2D eigenvalue weighted by Gasteiger charge is 2.23. The Balaban J connectivity index is 1.57. The van der Waals surface area contributed by atoms with Gasteiger partial charge in [0.2, 0.25) is 0 Å². The summed E-state index contributed by atoms with van der Waals surface area (Å²) in [5.41, 5.74) is 4.38. The van der Waals surface area contributed by atoms with Crippen LogP contribution in [-0.4, -0.2) is 29.8 Å². The van der Waals surface area contributed by atoms with Crippen LogP contribution in [0, 0.1) is 0 Å². The standard InChI is InChI=1S/C24H23NO4/c1-28-22-5-3-2-4-19(22)17-8-9-20-16(11-13-29-23(20)14-17)6-7-18-15-25-12-10-21(18)24(26)27/h2-5,8-10,12,14-16H,6-7,11,13H2,1H3,(H,26,27)/t16-/m1/s1. The van der Waals surface area contributed by atoms with E-state index in [1.807, 2.05) is 24.3 Å². The first-order chi connectivity index (χ1) is 14.2. The summed E-state index contributed by atoms with van der Waals surface area (Å²) >= 11 is 0. The number of aromatic carboxylic acids is 1. The second-order valence-corrected chi connectivity index (χ2v) is 7.16. The van der Waals surface area contributed by atoms with Crippen molar-refractivity contribution < 1.29 is 19.4 Å². The van der Waals surface area contributed by atoms with E-state index in [0.29, 0.717) is 24.5 Å². The fraction of sp³-hybridized carbons (Fsp3) is 0.250. The number of para-hydroxylation sites is 1. The van der Waals surface area contributed by atoms with Crippen molar-refractivity contribution >= 4 is 5.97 Å². The highest BCUT2D eigenvalue weighted by atomic mass is 16.5. The third kappa shape index (κ3) is 3.94. The zero-order chi connectivity index (χ0) is 20.2. The molecule has 0 bridgehead atoms. The Labute approximate surface area is 169 Å². The first kappa shape index (κ1) is 19.0. The first-order valence-corrected chi connectivity index (χ1v) is 9.73. The van der Waals surface area contributed by atoms with Crippen molar-refractivity contribution in [2.24, 2.45) is 0 Å². The summed E-state index contributed by atoms with van der Waals surface area (Å²) in [5, 5.41) is 9.38. The van der Waals surface area contributed by atoms with Crippen LogP contribution in [0.4, 0.5) is 0 Å². The molecule has 148 valence electrons. The largest absolute Gasteiger partial charge is 0.496 e. The smallest absolute Gasteiger partial charge is 0.336 e. The molecule has 0 saturated carbocycles. The number of aryl methyl sites for hydroxylation is 1. The van der Waals surface area contributed by atoms with Gasteiger partial charge in [-0.25, -0.2) is 4.79 Å². The fourth-order valence-corrected chi connectivity index (χ4v) is 3.98. The molecule has 1 aromatic heterocycles. The molecule has 2 aromatic carbocycles. The van der Waals surface area contributed by atoms with Crippen LogP contribution in [-0.2, 0) is 6.42 Å². The molecule has 0 unspecified atom stereocenters. The van der Waals surface area contributed by atoms with Gasteiger partial charge in [-0.3, -0.25) is 4.98 Å². The van der Waals surface area contributed by atoms with Crippen LogP contribution in [0.2, 0.25) is 0 Å². The van der Waals surface area contributed by atoms with Gasteiger partial charge in [-0.15, -0.1) is 0 Å². The molecule has 5 heteroatoms. The average molecular weight is 389 g/mol. The SMILES string of the molecule is COc1ccccc1-c1ccc2c(c1)OCC[C@H]2CCc1cnccc1C(=O)O. The molecule has 29 heavy (non-hydrogen) atoms. The number of carboxylic acids is 1. The molecule has 5 nitrogen and oxygen atoms in total. The summed E-state index contributed by atoms with van der Waals surface area (Å²) in [6, 6.07) is 15.8. The first-order valence-electron chi connectivity index (χ1n) is 9.73. The normalized spacial score (nSPS) is 15.3. The number of fused-ring (bicyclic) bond motifs is 1. The number of nitrogens with zero attached hydrogens (tertiary/aromatic N) is 1. The molecule has 0 fully saturated rings. The number of carbonyl (C=O) groups is 1. The predicted octanol–water partition coefficient (Wildman–Crippen LogP) is 4.95. The predicted molar refractivity (Wildman–Crippen MR) is 111 cm³/mol. The Morgan fingerprint density at radius 1 is 1.24 bits per heavy atom. The maximum absolute atomic E-state index is 11.4. The Morgan fingerprint density at radius 3 is 2.93 bits per heavy atom. The molecule has 1 atom stereocenters. The second kappa shape index (κ2) is 8.35. The van der Waals surface area contributed by atoms with Crippen LogP contribution in [0.15, 0.2) is 60.9 Å². The molecule has 0 radical (unpaired) electrons. The molecule has 1 aliphatic heterocycles. The van der Waals surface area contributed by atoms with Crippen LogP contribution < -0.4 is 9.47 Å². The maximum Gasteiger partial charge on any atom is 0.336 e. The molecule has 0 spiro atoms. The lowest BCUT2D eigenvalue weighted by Gasteiger charge is -2.27. The van der Waals surface area contributed by atoms with Gasteiger partial charge in [-0.2, -0.15) is 0 Å². The van der Waals surface area contributed by atoms with Gasteiger partial charge in [0, 0.05) is 18.0 Å². The van der Waals surface area contributed by atoms with E-state index in [9.17, 15) is 9.90 Å². The minimum absolute atomic E-state index is 0.326. The molecule has 0 aliphatic carbocycles. The van der Waals surface area contributed by atoms with Gasteiger partial charge >= 0.3 is 5.97 Å². The van der Waals surface area contributed by atoms with Crippen molar-refractivity contribution in [1.29, 1.82) is 0 Å². The lowest BCUT2D eigenvalue weighted by Crippen LogP contribution is -2.15. The highest BCUT2D eigenvalue weighted by Crippen LogP contribution is 2.40. The number of carboxylic acid groups (broad SMARTS) is 1. The van der Waals surface area contributed by atoms with Crippen LogP contribution >= 0.6 is 0 Å². The van der Waals surface area contributed by atoms with Gasteiger partial charge < -0.3 is 14.6 Å². The summed E-state index contributed by atoms with van der Waals surface area (Å²) in [6.07, 6.45) is 5.64. The topological polar surface area (TPSA) is 68.7 Å². The lowest BCUT2D eigenvalue weighted by atomic mass is 9.86. The van der Waals surface area contributed by atoms with Crippen LogP contribution in [0.25, 0.3) is 11.1 Å². The summed E-state index contributed by atoms with van der Waals surface area (Å²) in [6.45, 7) is 0.659. The van der Waals surface area contributed by atoms with Gasteiger partial charge in [0.05, 0.1) is 19.3 Å². The minimum atomic E-state index is -0.906. The quantitative estimate of drug-likeness (QED) is 0.646. The van der Waals surface area contributed by atoms with E-state index >= 15 is 0 Å². The van der Waals surface area contributed by atoms with E-state index < -0.39 is 5.97 Å². The van der Waals surface area contributed by atoms with Crippen molar-refractivity contribution in [3.05, 3.63) is 77.6 Å². The fourth-order valence-electron chi connectivity index (χ4n) is 3.98. The van der Waals surface area contributed by atoms with Gasteiger partial charge in [0.15, 0.2) is 0 Å². The highest BCUT2D eigenvalue weighted by molar-refractivity contribution is 5.89. The lowest BCUT2D eigenvalue weighted by molar-refractivity contribution is 0.0695.